The lowest BCUT2D eigenvalue weighted by molar-refractivity contribution is -0.137. The van der Waals surface area contributed by atoms with Crippen LogP contribution in [0, 0.1) is 0 Å². The van der Waals surface area contributed by atoms with E-state index in [9.17, 15) is 17.6 Å². The maximum Gasteiger partial charge on any atom is 0.416 e. The second kappa shape index (κ2) is 6.28. The number of halogens is 4. The van der Waals surface area contributed by atoms with E-state index in [1.807, 2.05) is 4.90 Å². The lowest BCUT2D eigenvalue weighted by atomic mass is 10.0. The van der Waals surface area contributed by atoms with E-state index in [1.165, 1.54) is 23.0 Å². The molecule has 4 heterocycles. The van der Waals surface area contributed by atoms with Crippen molar-refractivity contribution in [1.82, 2.24) is 24.6 Å². The molecule has 0 radical (unpaired) electrons. The number of hydrogen-bond donors (Lipinski definition) is 1. The van der Waals surface area contributed by atoms with E-state index in [4.69, 9.17) is 5.73 Å². The first kappa shape index (κ1) is 18.1. The lowest BCUT2D eigenvalue weighted by Crippen LogP contribution is -2.66. The van der Waals surface area contributed by atoms with Gasteiger partial charge in [-0.3, -0.25) is 4.90 Å². The van der Waals surface area contributed by atoms with Crippen LogP contribution in [0.2, 0.25) is 0 Å². The average Bonchev–Trinajstić information content (AvgIpc) is 3.02. The fraction of sp³-hybridized carbons (Fsp3) is 0.389. The maximum absolute atomic E-state index is 13.1. The molecule has 11 heteroatoms. The number of nitrogens with zero attached hydrogens (tertiary/aromatic N) is 6. The van der Waals surface area contributed by atoms with Gasteiger partial charge in [0.05, 0.1) is 22.8 Å². The molecule has 5 rings (SSSR count). The predicted molar refractivity (Wildman–Crippen MR) is 98.5 cm³/mol. The van der Waals surface area contributed by atoms with Gasteiger partial charge in [0, 0.05) is 32.2 Å². The van der Waals surface area contributed by atoms with Crippen LogP contribution in [-0.2, 0) is 6.18 Å². The highest BCUT2D eigenvalue weighted by Crippen LogP contribution is 2.33. The summed E-state index contributed by atoms with van der Waals surface area (Å²) in [5.74, 6) is 0.594. The molecule has 152 valence electrons. The van der Waals surface area contributed by atoms with Gasteiger partial charge in [0.15, 0.2) is 5.65 Å². The van der Waals surface area contributed by atoms with Gasteiger partial charge < -0.3 is 10.6 Å². The smallest absolute Gasteiger partial charge is 0.368 e. The third-order valence-corrected chi connectivity index (χ3v) is 5.39. The quantitative estimate of drug-likeness (QED) is 0.672. The lowest BCUT2D eigenvalue weighted by Gasteiger charge is -2.50. The first-order chi connectivity index (χ1) is 13.8. The van der Waals surface area contributed by atoms with Gasteiger partial charge in [0.25, 0.3) is 0 Å². The topological polar surface area (TPSA) is 76.1 Å². The molecule has 0 unspecified atom stereocenters. The Morgan fingerprint density at radius 2 is 1.83 bits per heavy atom. The predicted octanol–water partition coefficient (Wildman–Crippen LogP) is 2.26. The summed E-state index contributed by atoms with van der Waals surface area (Å²) in [5, 5.41) is 4.83. The zero-order valence-electron chi connectivity index (χ0n) is 15.1. The second-order valence-electron chi connectivity index (χ2n) is 7.36. The minimum Gasteiger partial charge on any atom is -0.368 e. The van der Waals surface area contributed by atoms with Crippen molar-refractivity contribution in [1.29, 1.82) is 0 Å². The number of benzene rings is 1. The van der Waals surface area contributed by atoms with E-state index >= 15 is 0 Å². The Balaban J connectivity index is 1.48. The van der Waals surface area contributed by atoms with E-state index in [-0.39, 0.29) is 17.7 Å². The minimum atomic E-state index is -4.46. The fourth-order valence-electron chi connectivity index (χ4n) is 3.77. The van der Waals surface area contributed by atoms with Gasteiger partial charge in [0.2, 0.25) is 5.95 Å². The molecular weight excluding hydrogens is 390 g/mol. The standard InChI is InChI=1S/C18H17F4N7/c19-11-6-27(7-11)13-8-28(9-13)15-14-5-24-29(16(14)26-17(23)25-15)12-3-1-2-10(4-12)18(20,21)22/h1-5,11,13H,6-9H2,(H2,23,25,26). The average molecular weight is 407 g/mol. The Morgan fingerprint density at radius 3 is 2.52 bits per heavy atom. The van der Waals surface area contributed by atoms with Gasteiger partial charge in [0.1, 0.15) is 12.0 Å². The van der Waals surface area contributed by atoms with Crippen LogP contribution in [0.3, 0.4) is 0 Å². The zero-order valence-corrected chi connectivity index (χ0v) is 15.1. The molecule has 2 saturated heterocycles. The molecule has 7 nitrogen and oxygen atoms in total. The van der Waals surface area contributed by atoms with Crippen molar-refractivity contribution >= 4 is 22.8 Å². The molecule has 2 aliphatic rings. The molecular formula is C18H17F4N7. The number of nitrogens with two attached hydrogens (primary N) is 1. The molecule has 0 spiro atoms. The Bertz CT molecular complexity index is 1070. The van der Waals surface area contributed by atoms with Crippen molar-refractivity contribution < 1.29 is 17.6 Å². The van der Waals surface area contributed by atoms with Crippen molar-refractivity contribution in [3.05, 3.63) is 36.0 Å². The number of likely N-dealkylation sites (tertiary alicyclic amines) is 1. The molecule has 2 fully saturated rings. The number of alkyl halides is 4. The third-order valence-electron chi connectivity index (χ3n) is 5.39. The molecule has 0 saturated carbocycles. The van der Waals surface area contributed by atoms with Gasteiger partial charge in [-0.05, 0) is 18.2 Å². The molecule has 2 N–H and O–H groups in total. The van der Waals surface area contributed by atoms with Gasteiger partial charge in [-0.1, -0.05) is 6.07 Å². The first-order valence-electron chi connectivity index (χ1n) is 9.11. The summed E-state index contributed by atoms with van der Waals surface area (Å²) in [6, 6.07) is 5.12. The maximum atomic E-state index is 13.1. The zero-order chi connectivity index (χ0) is 20.3. The van der Waals surface area contributed by atoms with Crippen molar-refractivity contribution in [2.75, 3.05) is 36.8 Å². The van der Waals surface area contributed by atoms with Gasteiger partial charge in [-0.2, -0.15) is 28.2 Å². The molecule has 0 bridgehead atoms. The number of anilines is 2. The van der Waals surface area contributed by atoms with Crippen LogP contribution in [-0.4, -0.2) is 63.0 Å². The van der Waals surface area contributed by atoms with Crippen LogP contribution < -0.4 is 10.6 Å². The molecule has 0 aliphatic carbocycles. The van der Waals surface area contributed by atoms with E-state index in [2.05, 4.69) is 20.0 Å². The number of hydrogen-bond acceptors (Lipinski definition) is 6. The largest absolute Gasteiger partial charge is 0.416 e. The Labute approximate surface area is 162 Å². The number of fused-ring (bicyclic) bond motifs is 1. The molecule has 0 atom stereocenters. The van der Waals surface area contributed by atoms with E-state index in [0.717, 1.165) is 12.1 Å². The van der Waals surface area contributed by atoms with E-state index in [1.54, 1.807) is 0 Å². The molecule has 29 heavy (non-hydrogen) atoms. The molecule has 3 aromatic rings. The summed E-state index contributed by atoms with van der Waals surface area (Å²) >= 11 is 0. The minimum absolute atomic E-state index is 0.0115. The summed E-state index contributed by atoms with van der Waals surface area (Å²) in [4.78, 5) is 12.6. The van der Waals surface area contributed by atoms with Crippen LogP contribution in [0.5, 0.6) is 0 Å². The normalized spacial score (nSPS) is 18.8. The first-order valence-corrected chi connectivity index (χ1v) is 9.11. The molecule has 1 aromatic carbocycles. The van der Waals surface area contributed by atoms with Crippen LogP contribution in [0.1, 0.15) is 5.56 Å². The summed E-state index contributed by atoms with van der Waals surface area (Å²) in [7, 11) is 0. The fourth-order valence-corrected chi connectivity index (χ4v) is 3.77. The molecule has 2 aromatic heterocycles. The summed E-state index contributed by atoms with van der Waals surface area (Å²) in [6.45, 7) is 2.25. The van der Waals surface area contributed by atoms with Gasteiger partial charge in [-0.15, -0.1) is 0 Å². The highest BCUT2D eigenvalue weighted by Gasteiger charge is 2.40. The summed E-state index contributed by atoms with van der Waals surface area (Å²) < 4.78 is 53.6. The van der Waals surface area contributed by atoms with Crippen LogP contribution in [0.4, 0.5) is 29.3 Å². The Kier molecular flexibility index (Phi) is 3.92. The second-order valence-corrected chi connectivity index (χ2v) is 7.36. The van der Waals surface area contributed by atoms with Crippen LogP contribution in [0.25, 0.3) is 16.7 Å². The highest BCUT2D eigenvalue weighted by atomic mass is 19.4. The molecule has 0 amide bonds. The monoisotopic (exact) mass is 407 g/mol. The summed E-state index contributed by atoms with van der Waals surface area (Å²) in [5.41, 5.74) is 5.66. The van der Waals surface area contributed by atoms with Crippen LogP contribution >= 0.6 is 0 Å². The number of aromatic nitrogens is 4. The van der Waals surface area contributed by atoms with Gasteiger partial charge in [-0.25, -0.2) is 9.07 Å². The van der Waals surface area contributed by atoms with Gasteiger partial charge >= 0.3 is 6.18 Å². The van der Waals surface area contributed by atoms with Crippen molar-refractivity contribution in [2.45, 2.75) is 18.4 Å². The number of rotatable bonds is 3. The third kappa shape index (κ3) is 3.05. The number of nitrogen functional groups attached to an aromatic ring is 1. The highest BCUT2D eigenvalue weighted by molar-refractivity contribution is 5.89. The SMILES string of the molecule is Nc1nc(N2CC(N3CC(F)C3)C2)c2cnn(-c3cccc(C(F)(F)F)c3)c2n1. The van der Waals surface area contributed by atoms with E-state index < -0.39 is 17.9 Å². The van der Waals surface area contributed by atoms with E-state index in [0.29, 0.717) is 43.0 Å². The van der Waals surface area contributed by atoms with Crippen molar-refractivity contribution in [2.24, 2.45) is 0 Å². The summed E-state index contributed by atoms with van der Waals surface area (Å²) in [6.07, 6.45) is -3.68. The molecule has 2 aliphatic heterocycles. The van der Waals surface area contributed by atoms with Crippen molar-refractivity contribution in [3.63, 3.8) is 0 Å². The Morgan fingerprint density at radius 1 is 1.07 bits per heavy atom. The Hall–Kier alpha value is -2.95. The van der Waals surface area contributed by atoms with Crippen LogP contribution in [0.15, 0.2) is 30.5 Å². The van der Waals surface area contributed by atoms with Crippen molar-refractivity contribution in [3.8, 4) is 5.69 Å².